The Morgan fingerprint density at radius 2 is 1.57 bits per heavy atom. The summed E-state index contributed by atoms with van der Waals surface area (Å²) in [7, 11) is 0. The van der Waals surface area contributed by atoms with Gasteiger partial charge < -0.3 is 15.5 Å². The molecule has 1 fully saturated rings. The van der Waals surface area contributed by atoms with E-state index in [-0.39, 0.29) is 23.7 Å². The van der Waals surface area contributed by atoms with E-state index in [1.165, 1.54) is 24.3 Å². The third-order valence-electron chi connectivity index (χ3n) is 5.57. The van der Waals surface area contributed by atoms with Crippen LogP contribution >= 0.6 is 0 Å². The molecule has 182 valence electrons. The van der Waals surface area contributed by atoms with Gasteiger partial charge in [-0.2, -0.15) is 13.2 Å². The van der Waals surface area contributed by atoms with Gasteiger partial charge in [0.1, 0.15) is 5.82 Å². The second kappa shape index (κ2) is 10.6. The van der Waals surface area contributed by atoms with Crippen LogP contribution in [0.2, 0.25) is 0 Å². The Morgan fingerprint density at radius 1 is 0.857 bits per heavy atom. The maximum absolute atomic E-state index is 12.9. The number of alkyl halides is 3. The number of nitrogens with zero attached hydrogens (tertiary/aromatic N) is 3. The molecule has 0 spiro atoms. The van der Waals surface area contributed by atoms with Gasteiger partial charge in [0.25, 0.3) is 5.91 Å². The lowest BCUT2D eigenvalue weighted by molar-refractivity contribution is -0.137. The van der Waals surface area contributed by atoms with Crippen LogP contribution in [-0.2, 0) is 11.0 Å². The van der Waals surface area contributed by atoms with Crippen molar-refractivity contribution in [2.75, 3.05) is 48.3 Å². The van der Waals surface area contributed by atoms with E-state index in [1.54, 1.807) is 18.3 Å². The highest BCUT2D eigenvalue weighted by atomic mass is 19.4. The fraction of sp³-hybridized carbons (Fsp3) is 0.240. The minimum atomic E-state index is -4.50. The van der Waals surface area contributed by atoms with Crippen molar-refractivity contribution in [3.05, 3.63) is 84.1 Å². The molecule has 0 saturated carbocycles. The number of anilines is 3. The third kappa shape index (κ3) is 6.57. The van der Waals surface area contributed by atoms with E-state index < -0.39 is 17.6 Å². The highest BCUT2D eigenvalue weighted by molar-refractivity contribution is 6.05. The number of piperazine rings is 1. The summed E-state index contributed by atoms with van der Waals surface area (Å²) in [5.74, 6) is 0.120. The van der Waals surface area contributed by atoms with Crippen molar-refractivity contribution in [3.63, 3.8) is 0 Å². The number of rotatable bonds is 6. The summed E-state index contributed by atoms with van der Waals surface area (Å²) >= 11 is 0. The van der Waals surface area contributed by atoms with Crippen molar-refractivity contribution in [2.45, 2.75) is 6.18 Å². The van der Waals surface area contributed by atoms with E-state index in [0.29, 0.717) is 18.8 Å². The largest absolute Gasteiger partial charge is 0.416 e. The first-order chi connectivity index (χ1) is 16.8. The monoisotopic (exact) mass is 483 g/mol. The van der Waals surface area contributed by atoms with E-state index in [4.69, 9.17) is 0 Å². The minimum absolute atomic E-state index is 0.0316. The number of hydrogen-bond donors (Lipinski definition) is 2. The molecule has 2 aromatic carbocycles. The van der Waals surface area contributed by atoms with E-state index in [9.17, 15) is 22.8 Å². The summed E-state index contributed by atoms with van der Waals surface area (Å²) in [6, 6.07) is 16.4. The highest BCUT2D eigenvalue weighted by Crippen LogP contribution is 2.30. The van der Waals surface area contributed by atoms with E-state index >= 15 is 0 Å². The molecule has 0 bridgehead atoms. The molecule has 0 aliphatic carbocycles. The summed E-state index contributed by atoms with van der Waals surface area (Å²) in [5, 5.41) is 5.25. The summed E-state index contributed by atoms with van der Waals surface area (Å²) in [5.41, 5.74) is -0.177. The molecule has 2 heterocycles. The Bertz CT molecular complexity index is 1180. The topological polar surface area (TPSA) is 77.6 Å². The van der Waals surface area contributed by atoms with Crippen molar-refractivity contribution < 1.29 is 22.8 Å². The lowest BCUT2D eigenvalue weighted by atomic mass is 10.1. The molecule has 0 unspecified atom stereocenters. The quantitative estimate of drug-likeness (QED) is 0.552. The number of carbonyl (C=O) groups is 2. The first-order valence-corrected chi connectivity index (χ1v) is 11.0. The summed E-state index contributed by atoms with van der Waals surface area (Å²) in [6.45, 7) is 3.15. The molecule has 4 rings (SSSR count). The number of amides is 2. The van der Waals surface area contributed by atoms with Crippen molar-refractivity contribution in [3.8, 4) is 0 Å². The van der Waals surface area contributed by atoms with E-state index in [2.05, 4.69) is 20.5 Å². The zero-order valence-corrected chi connectivity index (χ0v) is 18.8. The molecular formula is C25H24F3N5O2. The molecule has 1 aliphatic rings. The van der Waals surface area contributed by atoms with Crippen LogP contribution < -0.4 is 15.5 Å². The Labute approximate surface area is 200 Å². The fourth-order valence-electron chi connectivity index (χ4n) is 3.79. The van der Waals surface area contributed by atoms with Gasteiger partial charge in [0.05, 0.1) is 12.1 Å². The van der Waals surface area contributed by atoms with Crippen LogP contribution in [0.1, 0.15) is 15.9 Å². The van der Waals surface area contributed by atoms with Gasteiger partial charge >= 0.3 is 6.18 Å². The van der Waals surface area contributed by atoms with Crippen molar-refractivity contribution in [1.82, 2.24) is 9.88 Å². The molecule has 0 radical (unpaired) electrons. The zero-order valence-electron chi connectivity index (χ0n) is 18.8. The van der Waals surface area contributed by atoms with E-state index in [0.717, 1.165) is 31.0 Å². The molecule has 2 amide bonds. The summed E-state index contributed by atoms with van der Waals surface area (Å²) in [4.78, 5) is 33.7. The zero-order chi connectivity index (χ0) is 24.8. The Hall–Kier alpha value is -3.92. The number of carbonyl (C=O) groups excluding carboxylic acids is 2. The van der Waals surface area contributed by atoms with Gasteiger partial charge in [0, 0.05) is 49.3 Å². The molecule has 3 aromatic rings. The number of pyridine rings is 1. The van der Waals surface area contributed by atoms with Gasteiger partial charge in [-0.05, 0) is 48.5 Å². The van der Waals surface area contributed by atoms with Crippen LogP contribution in [0.4, 0.5) is 30.4 Å². The van der Waals surface area contributed by atoms with Gasteiger partial charge in [-0.1, -0.05) is 18.2 Å². The lowest BCUT2D eigenvalue weighted by Gasteiger charge is -2.34. The number of nitrogens with one attached hydrogen (secondary N) is 2. The first kappa shape index (κ1) is 24.2. The normalized spacial score (nSPS) is 14.4. The third-order valence-corrected chi connectivity index (χ3v) is 5.57. The van der Waals surface area contributed by atoms with Crippen LogP contribution in [0.3, 0.4) is 0 Å². The smallest absolute Gasteiger partial charge is 0.354 e. The van der Waals surface area contributed by atoms with Crippen LogP contribution in [-0.4, -0.2) is 54.4 Å². The maximum Gasteiger partial charge on any atom is 0.416 e. The average Bonchev–Trinajstić information content (AvgIpc) is 2.85. The molecule has 0 atom stereocenters. The van der Waals surface area contributed by atoms with Crippen LogP contribution in [0, 0.1) is 0 Å². The van der Waals surface area contributed by atoms with Crippen LogP contribution in [0.25, 0.3) is 0 Å². The molecule has 10 heteroatoms. The SMILES string of the molecule is O=C(CN1CCN(c2ccccn2)CC1)Nc1cccc(C(=O)Nc2cccc(C(F)(F)F)c2)c1. The predicted molar refractivity (Wildman–Crippen MR) is 127 cm³/mol. The van der Waals surface area contributed by atoms with Crippen molar-refractivity contribution >= 4 is 29.0 Å². The number of halogens is 3. The van der Waals surface area contributed by atoms with Gasteiger partial charge in [-0.3, -0.25) is 14.5 Å². The molecule has 35 heavy (non-hydrogen) atoms. The fourth-order valence-corrected chi connectivity index (χ4v) is 3.79. The average molecular weight is 483 g/mol. The molecule has 2 N–H and O–H groups in total. The van der Waals surface area contributed by atoms with Gasteiger partial charge in [-0.15, -0.1) is 0 Å². The Morgan fingerprint density at radius 3 is 2.26 bits per heavy atom. The minimum Gasteiger partial charge on any atom is -0.354 e. The second-order valence-electron chi connectivity index (χ2n) is 8.11. The number of aromatic nitrogens is 1. The summed E-state index contributed by atoms with van der Waals surface area (Å²) in [6.07, 6.45) is -2.75. The Kier molecular flexibility index (Phi) is 7.31. The molecule has 1 aromatic heterocycles. The molecule has 1 saturated heterocycles. The second-order valence-corrected chi connectivity index (χ2v) is 8.11. The molecule has 1 aliphatic heterocycles. The highest BCUT2D eigenvalue weighted by Gasteiger charge is 2.30. The predicted octanol–water partition coefficient (Wildman–Crippen LogP) is 4.11. The van der Waals surface area contributed by atoms with Gasteiger partial charge in [-0.25, -0.2) is 4.98 Å². The van der Waals surface area contributed by atoms with Crippen molar-refractivity contribution in [2.24, 2.45) is 0 Å². The number of benzene rings is 2. The van der Waals surface area contributed by atoms with E-state index in [1.807, 2.05) is 23.1 Å². The van der Waals surface area contributed by atoms with Crippen LogP contribution in [0.15, 0.2) is 72.9 Å². The van der Waals surface area contributed by atoms with Gasteiger partial charge in [0.2, 0.25) is 5.91 Å². The molecular weight excluding hydrogens is 459 g/mol. The Balaban J connectivity index is 1.30. The number of hydrogen-bond acceptors (Lipinski definition) is 5. The standard InChI is InChI=1S/C25H24F3N5O2/c26-25(27,28)19-6-4-8-21(16-19)31-24(35)18-5-3-7-20(15-18)30-23(34)17-32-11-13-33(14-12-32)22-9-1-2-10-29-22/h1-10,15-16H,11-14,17H2,(H,30,34)(H,31,35). The summed E-state index contributed by atoms with van der Waals surface area (Å²) < 4.78 is 38.7. The van der Waals surface area contributed by atoms with Gasteiger partial charge in [0.15, 0.2) is 0 Å². The molecule has 7 nitrogen and oxygen atoms in total. The maximum atomic E-state index is 12.9. The van der Waals surface area contributed by atoms with Crippen molar-refractivity contribution in [1.29, 1.82) is 0 Å². The first-order valence-electron chi connectivity index (χ1n) is 11.0. The lowest BCUT2D eigenvalue weighted by Crippen LogP contribution is -2.48. The van der Waals surface area contributed by atoms with Crippen LogP contribution in [0.5, 0.6) is 0 Å².